The summed E-state index contributed by atoms with van der Waals surface area (Å²) >= 11 is 0. The van der Waals surface area contributed by atoms with Gasteiger partial charge in [0, 0.05) is 13.6 Å². The summed E-state index contributed by atoms with van der Waals surface area (Å²) in [4.78, 5) is 40.7. The van der Waals surface area contributed by atoms with Gasteiger partial charge in [-0.2, -0.15) is 5.10 Å². The maximum Gasteiger partial charge on any atom is 0.326 e. The maximum absolute atomic E-state index is 12.4. The number of amides is 1. The molecule has 2 aromatic heterocycles. The van der Waals surface area contributed by atoms with E-state index in [1.54, 1.807) is 7.05 Å². The lowest BCUT2D eigenvalue weighted by molar-refractivity contribution is -0.155. The number of benzene rings is 1. The molecule has 0 aliphatic carbocycles. The minimum atomic E-state index is -0.964. The Bertz CT molecular complexity index is 1040. The zero-order valence-electron chi connectivity index (χ0n) is 15.7. The van der Waals surface area contributed by atoms with Crippen LogP contribution < -0.4 is 10.9 Å². The quantitative estimate of drug-likeness (QED) is 0.593. The van der Waals surface area contributed by atoms with Gasteiger partial charge in [0.2, 0.25) is 0 Å². The van der Waals surface area contributed by atoms with E-state index in [1.165, 1.54) is 24.1 Å². The molecule has 0 aliphatic rings. The Kier molecular flexibility index (Phi) is 5.83. The molecule has 9 heteroatoms. The molecule has 0 bridgehead atoms. The van der Waals surface area contributed by atoms with Crippen LogP contribution in [0.15, 0.2) is 47.7 Å². The number of hydrogen-bond donors (Lipinski definition) is 1. The summed E-state index contributed by atoms with van der Waals surface area (Å²) in [5.74, 6) is -1.09. The predicted octanol–water partition coefficient (Wildman–Crippen LogP) is 0.421. The number of nitrogens with zero attached hydrogens (tertiary/aromatic N) is 4. The van der Waals surface area contributed by atoms with Crippen LogP contribution in [-0.4, -0.2) is 43.9 Å². The molecule has 146 valence electrons. The van der Waals surface area contributed by atoms with Gasteiger partial charge in [-0.15, -0.1) is 0 Å². The van der Waals surface area contributed by atoms with Crippen molar-refractivity contribution in [2.45, 2.75) is 26.0 Å². The number of hydrogen-bond acceptors (Lipinski definition) is 6. The van der Waals surface area contributed by atoms with Crippen LogP contribution in [0.25, 0.3) is 11.0 Å². The van der Waals surface area contributed by atoms with E-state index in [4.69, 9.17) is 4.74 Å². The van der Waals surface area contributed by atoms with E-state index in [0.29, 0.717) is 24.0 Å². The van der Waals surface area contributed by atoms with E-state index in [9.17, 15) is 14.4 Å². The van der Waals surface area contributed by atoms with Gasteiger partial charge in [-0.25, -0.2) is 4.98 Å². The average molecular weight is 383 g/mol. The maximum atomic E-state index is 12.4. The van der Waals surface area contributed by atoms with Crippen molar-refractivity contribution >= 4 is 22.9 Å². The number of aryl methyl sites for hydroxylation is 1. The van der Waals surface area contributed by atoms with Crippen LogP contribution in [-0.2, 0) is 34.3 Å². The number of rotatable bonds is 7. The summed E-state index contributed by atoms with van der Waals surface area (Å²) < 4.78 is 7.74. The SMILES string of the molecule is CC(OC(=O)Cn1cnc2c(cnn2C)c1=O)C(=O)NCCc1ccccc1. The molecular formula is C19H21N5O4. The molecule has 3 aromatic rings. The standard InChI is InChI=1S/C19H21N5O4/c1-13(18(26)20-9-8-14-6-4-3-5-7-14)28-16(25)11-24-12-21-17-15(19(24)27)10-22-23(17)2/h3-7,10,12-13H,8-9,11H2,1-2H3,(H,20,26). The molecule has 1 atom stereocenters. The van der Waals surface area contributed by atoms with Gasteiger partial charge in [-0.1, -0.05) is 30.3 Å². The Morgan fingerprint density at radius 3 is 2.75 bits per heavy atom. The molecule has 0 aliphatic heterocycles. The van der Waals surface area contributed by atoms with Crippen molar-refractivity contribution in [2.24, 2.45) is 7.05 Å². The first-order chi connectivity index (χ1) is 13.5. The summed E-state index contributed by atoms with van der Waals surface area (Å²) in [6.45, 7) is 1.59. The highest BCUT2D eigenvalue weighted by atomic mass is 16.5. The Balaban J connectivity index is 1.52. The van der Waals surface area contributed by atoms with Crippen molar-refractivity contribution in [3.63, 3.8) is 0 Å². The van der Waals surface area contributed by atoms with E-state index in [1.807, 2.05) is 30.3 Å². The Hall–Kier alpha value is -3.49. The molecule has 0 spiro atoms. The Labute approximate surface area is 160 Å². The minimum Gasteiger partial charge on any atom is -0.451 e. The van der Waals surface area contributed by atoms with E-state index in [-0.39, 0.29) is 6.54 Å². The number of ether oxygens (including phenoxy) is 1. The lowest BCUT2D eigenvalue weighted by atomic mass is 10.1. The van der Waals surface area contributed by atoms with Crippen molar-refractivity contribution < 1.29 is 14.3 Å². The minimum absolute atomic E-state index is 0.310. The van der Waals surface area contributed by atoms with Gasteiger partial charge in [0.15, 0.2) is 11.8 Å². The molecule has 1 unspecified atom stereocenters. The van der Waals surface area contributed by atoms with Crippen LogP contribution in [0, 0.1) is 0 Å². The van der Waals surface area contributed by atoms with E-state index in [0.717, 1.165) is 10.1 Å². The first kappa shape index (κ1) is 19.3. The number of esters is 1. The third kappa shape index (κ3) is 4.43. The lowest BCUT2D eigenvalue weighted by Gasteiger charge is -2.14. The smallest absolute Gasteiger partial charge is 0.326 e. The molecular weight excluding hydrogens is 362 g/mol. The number of aromatic nitrogens is 4. The van der Waals surface area contributed by atoms with Gasteiger partial charge in [0.1, 0.15) is 18.3 Å². The predicted molar refractivity (Wildman–Crippen MR) is 101 cm³/mol. The van der Waals surface area contributed by atoms with Crippen LogP contribution in [0.5, 0.6) is 0 Å². The fourth-order valence-corrected chi connectivity index (χ4v) is 2.72. The second kappa shape index (κ2) is 8.47. The number of carbonyl (C=O) groups is 2. The summed E-state index contributed by atoms with van der Waals surface area (Å²) in [6.07, 6.45) is 2.38. The monoisotopic (exact) mass is 383 g/mol. The molecule has 2 heterocycles. The molecule has 28 heavy (non-hydrogen) atoms. The largest absolute Gasteiger partial charge is 0.451 e. The molecule has 0 saturated heterocycles. The van der Waals surface area contributed by atoms with Crippen molar-refractivity contribution in [1.82, 2.24) is 24.6 Å². The average Bonchev–Trinajstić information content (AvgIpc) is 3.06. The van der Waals surface area contributed by atoms with Gasteiger partial charge in [-0.3, -0.25) is 23.6 Å². The van der Waals surface area contributed by atoms with Gasteiger partial charge in [0.25, 0.3) is 11.5 Å². The first-order valence-corrected chi connectivity index (χ1v) is 8.84. The number of carbonyl (C=O) groups excluding carboxylic acids is 2. The summed E-state index contributed by atoms with van der Waals surface area (Å²) in [5, 5.41) is 7.01. The topological polar surface area (TPSA) is 108 Å². The highest BCUT2D eigenvalue weighted by Gasteiger charge is 2.18. The normalized spacial score (nSPS) is 11.9. The van der Waals surface area contributed by atoms with Crippen LogP contribution in [0.4, 0.5) is 0 Å². The second-order valence-electron chi connectivity index (χ2n) is 6.34. The number of fused-ring (bicyclic) bond motifs is 1. The Morgan fingerprint density at radius 1 is 1.25 bits per heavy atom. The molecule has 3 rings (SSSR count). The Morgan fingerprint density at radius 2 is 2.00 bits per heavy atom. The van der Waals surface area contributed by atoms with E-state index < -0.39 is 23.5 Å². The molecule has 0 radical (unpaired) electrons. The zero-order chi connectivity index (χ0) is 20.1. The third-order valence-corrected chi connectivity index (χ3v) is 4.25. The fourth-order valence-electron chi connectivity index (χ4n) is 2.72. The molecule has 9 nitrogen and oxygen atoms in total. The lowest BCUT2D eigenvalue weighted by Crippen LogP contribution is -2.38. The molecule has 1 aromatic carbocycles. The zero-order valence-corrected chi connectivity index (χ0v) is 15.7. The van der Waals surface area contributed by atoms with Gasteiger partial charge in [0.05, 0.1) is 6.20 Å². The first-order valence-electron chi connectivity index (χ1n) is 8.84. The van der Waals surface area contributed by atoms with Crippen LogP contribution in [0.3, 0.4) is 0 Å². The van der Waals surface area contributed by atoms with Crippen LogP contribution >= 0.6 is 0 Å². The highest BCUT2D eigenvalue weighted by molar-refractivity contribution is 5.83. The van der Waals surface area contributed by atoms with Crippen LogP contribution in [0.2, 0.25) is 0 Å². The van der Waals surface area contributed by atoms with Gasteiger partial charge < -0.3 is 10.1 Å². The van der Waals surface area contributed by atoms with Crippen molar-refractivity contribution in [2.75, 3.05) is 6.54 Å². The van der Waals surface area contributed by atoms with Crippen molar-refractivity contribution in [1.29, 1.82) is 0 Å². The molecule has 1 amide bonds. The third-order valence-electron chi connectivity index (χ3n) is 4.25. The molecule has 1 N–H and O–H groups in total. The number of nitrogens with one attached hydrogen (secondary N) is 1. The van der Waals surface area contributed by atoms with Crippen molar-refractivity contribution in [3.05, 3.63) is 58.8 Å². The molecule has 0 fully saturated rings. The van der Waals surface area contributed by atoms with E-state index in [2.05, 4.69) is 15.4 Å². The summed E-state index contributed by atoms with van der Waals surface area (Å²) in [5.41, 5.74) is 1.14. The second-order valence-corrected chi connectivity index (χ2v) is 6.34. The summed E-state index contributed by atoms with van der Waals surface area (Å²) in [7, 11) is 1.67. The van der Waals surface area contributed by atoms with Gasteiger partial charge in [-0.05, 0) is 18.9 Å². The van der Waals surface area contributed by atoms with Crippen molar-refractivity contribution in [3.8, 4) is 0 Å². The highest BCUT2D eigenvalue weighted by Crippen LogP contribution is 2.04. The molecule has 0 saturated carbocycles. The van der Waals surface area contributed by atoms with Gasteiger partial charge >= 0.3 is 5.97 Å². The van der Waals surface area contributed by atoms with Crippen LogP contribution in [0.1, 0.15) is 12.5 Å². The summed E-state index contributed by atoms with van der Waals surface area (Å²) in [6, 6.07) is 9.74. The van der Waals surface area contributed by atoms with E-state index >= 15 is 0 Å². The fraction of sp³-hybridized carbons (Fsp3) is 0.316.